The molecule has 32 heavy (non-hydrogen) atoms. The van der Waals surface area contributed by atoms with Crippen molar-refractivity contribution in [3.63, 3.8) is 0 Å². The Morgan fingerprint density at radius 3 is 2.34 bits per heavy atom. The monoisotopic (exact) mass is 445 g/mol. The molecule has 2 aromatic rings. The minimum Gasteiger partial charge on any atom is -0.495 e. The van der Waals surface area contributed by atoms with Crippen LogP contribution >= 0.6 is 0 Å². The molecule has 1 aromatic carbocycles. The summed E-state index contributed by atoms with van der Waals surface area (Å²) in [5, 5.41) is 7.87. The quantitative estimate of drug-likeness (QED) is 0.507. The molecule has 0 amide bonds. The lowest BCUT2D eigenvalue weighted by Crippen LogP contribution is -2.46. The average molecular weight is 446 g/mol. The van der Waals surface area contributed by atoms with Crippen LogP contribution in [0.3, 0.4) is 0 Å². The zero-order valence-electron chi connectivity index (χ0n) is 19.0. The van der Waals surface area contributed by atoms with Crippen molar-refractivity contribution in [3.8, 4) is 5.75 Å². The molecule has 10 nitrogen and oxygen atoms in total. The second kappa shape index (κ2) is 11.5. The second-order valence-corrected chi connectivity index (χ2v) is 7.30. The average Bonchev–Trinajstić information content (AvgIpc) is 3.24. The molecular weight excluding hydrogens is 414 g/mol. The third-order valence-electron chi connectivity index (χ3n) is 5.32. The van der Waals surface area contributed by atoms with E-state index in [2.05, 4.69) is 26.2 Å². The number of aromatic nitrogens is 3. The number of esters is 2. The molecule has 0 bridgehead atoms. The number of methoxy groups -OCH3 is 1. The third-order valence-corrected chi connectivity index (χ3v) is 5.32. The van der Waals surface area contributed by atoms with E-state index in [0.717, 1.165) is 50.6 Å². The highest BCUT2D eigenvalue weighted by atomic mass is 16.5. The van der Waals surface area contributed by atoms with Crippen molar-refractivity contribution in [1.82, 2.24) is 19.9 Å². The highest BCUT2D eigenvalue weighted by Crippen LogP contribution is 2.28. The number of nitrogens with zero attached hydrogens (tertiary/aromatic N) is 5. The van der Waals surface area contributed by atoms with E-state index in [1.165, 1.54) is 4.68 Å². The van der Waals surface area contributed by atoms with Gasteiger partial charge in [-0.1, -0.05) is 17.3 Å². The van der Waals surface area contributed by atoms with Crippen LogP contribution in [0, 0.1) is 0 Å². The molecule has 0 saturated carbocycles. The smallest absolute Gasteiger partial charge is 0.361 e. The minimum absolute atomic E-state index is 0.0475. The molecule has 1 fully saturated rings. The summed E-state index contributed by atoms with van der Waals surface area (Å²) in [6.45, 7) is 8.75. The van der Waals surface area contributed by atoms with Gasteiger partial charge in [0, 0.05) is 39.3 Å². The fraction of sp³-hybridized carbons (Fsp3) is 0.545. The summed E-state index contributed by atoms with van der Waals surface area (Å²) in [7, 11) is 1.69. The lowest BCUT2D eigenvalue weighted by atomic mass is 10.2. The van der Waals surface area contributed by atoms with Crippen LogP contribution in [-0.2, 0) is 16.0 Å². The molecule has 2 heterocycles. The SMILES string of the molecule is CCOC(=O)c1nnn(CCCN2CCN(c3ccccc3OC)CC2)c1C(=O)OCC. The molecule has 0 aliphatic carbocycles. The largest absolute Gasteiger partial charge is 0.495 e. The molecule has 3 rings (SSSR count). The van der Waals surface area contributed by atoms with E-state index < -0.39 is 11.9 Å². The first-order chi connectivity index (χ1) is 15.6. The first kappa shape index (κ1) is 23.5. The predicted molar refractivity (Wildman–Crippen MR) is 118 cm³/mol. The van der Waals surface area contributed by atoms with Gasteiger partial charge in [-0.25, -0.2) is 14.3 Å². The van der Waals surface area contributed by atoms with Crippen LogP contribution in [0.5, 0.6) is 5.75 Å². The van der Waals surface area contributed by atoms with Gasteiger partial charge >= 0.3 is 11.9 Å². The van der Waals surface area contributed by atoms with Crippen molar-refractivity contribution in [2.45, 2.75) is 26.8 Å². The minimum atomic E-state index is -0.672. The number of hydrogen-bond donors (Lipinski definition) is 0. The lowest BCUT2D eigenvalue weighted by Gasteiger charge is -2.36. The van der Waals surface area contributed by atoms with E-state index >= 15 is 0 Å². The Bertz CT molecular complexity index is 908. The summed E-state index contributed by atoms with van der Waals surface area (Å²) < 4.78 is 17.0. The molecule has 1 aromatic heterocycles. The van der Waals surface area contributed by atoms with Gasteiger partial charge in [-0.05, 0) is 32.4 Å². The zero-order valence-corrected chi connectivity index (χ0v) is 19.0. The Kier molecular flexibility index (Phi) is 8.43. The molecular formula is C22H31N5O5. The summed E-state index contributed by atoms with van der Waals surface area (Å²) in [5.41, 5.74) is 1.06. The topological polar surface area (TPSA) is 99.0 Å². The van der Waals surface area contributed by atoms with Gasteiger partial charge in [0.15, 0.2) is 5.69 Å². The molecule has 1 aliphatic heterocycles. The number of benzene rings is 1. The summed E-state index contributed by atoms with van der Waals surface area (Å²) in [5.74, 6) is -0.406. The number of anilines is 1. The number of hydrogen-bond acceptors (Lipinski definition) is 9. The lowest BCUT2D eigenvalue weighted by molar-refractivity contribution is 0.0466. The third kappa shape index (κ3) is 5.56. The highest BCUT2D eigenvalue weighted by Gasteiger charge is 2.27. The van der Waals surface area contributed by atoms with Gasteiger partial charge in [0.25, 0.3) is 0 Å². The molecule has 1 saturated heterocycles. The number of ether oxygens (including phenoxy) is 3. The number of carbonyl (C=O) groups excluding carboxylic acids is 2. The summed E-state index contributed by atoms with van der Waals surface area (Å²) in [6.07, 6.45) is 0.757. The molecule has 0 atom stereocenters. The van der Waals surface area contributed by atoms with E-state index in [4.69, 9.17) is 14.2 Å². The number of piperazine rings is 1. The number of para-hydroxylation sites is 2. The number of carbonyl (C=O) groups is 2. The van der Waals surface area contributed by atoms with Crippen molar-refractivity contribution >= 4 is 17.6 Å². The Morgan fingerprint density at radius 2 is 1.66 bits per heavy atom. The van der Waals surface area contributed by atoms with Gasteiger partial charge in [0.05, 0.1) is 26.0 Å². The summed E-state index contributed by atoms with van der Waals surface area (Å²) in [4.78, 5) is 29.2. The fourth-order valence-corrected chi connectivity index (χ4v) is 3.76. The van der Waals surface area contributed by atoms with Crippen LogP contribution in [0.15, 0.2) is 24.3 Å². The molecule has 0 spiro atoms. The standard InChI is InChI=1S/C22H31N5O5/c1-4-31-21(28)19-20(22(29)32-5-2)27(24-23-19)12-8-11-25-13-15-26(16-14-25)17-9-6-7-10-18(17)30-3/h6-7,9-10H,4-5,8,11-16H2,1-3H3. The van der Waals surface area contributed by atoms with Crippen LogP contribution in [0.25, 0.3) is 0 Å². The molecule has 174 valence electrons. The van der Waals surface area contributed by atoms with Gasteiger partial charge in [-0.3, -0.25) is 4.90 Å². The molecule has 1 aliphatic rings. The Morgan fingerprint density at radius 1 is 0.969 bits per heavy atom. The number of aryl methyl sites for hydroxylation is 1. The van der Waals surface area contributed by atoms with Crippen molar-refractivity contribution in [1.29, 1.82) is 0 Å². The first-order valence-electron chi connectivity index (χ1n) is 11.0. The second-order valence-electron chi connectivity index (χ2n) is 7.30. The van der Waals surface area contributed by atoms with Gasteiger partial charge in [0.1, 0.15) is 5.75 Å². The molecule has 0 N–H and O–H groups in total. The predicted octanol–water partition coefficient (Wildman–Crippen LogP) is 1.85. The Hall–Kier alpha value is -3.14. The Labute approximate surface area is 188 Å². The van der Waals surface area contributed by atoms with Gasteiger partial charge < -0.3 is 19.1 Å². The van der Waals surface area contributed by atoms with Crippen LogP contribution in [0.4, 0.5) is 5.69 Å². The number of rotatable bonds is 10. The van der Waals surface area contributed by atoms with Crippen molar-refractivity contribution < 1.29 is 23.8 Å². The van der Waals surface area contributed by atoms with E-state index in [1.807, 2.05) is 18.2 Å². The molecule has 0 unspecified atom stereocenters. The van der Waals surface area contributed by atoms with Crippen molar-refractivity contribution in [2.75, 3.05) is 57.9 Å². The highest BCUT2D eigenvalue weighted by molar-refractivity contribution is 6.00. The van der Waals surface area contributed by atoms with Crippen LogP contribution in [-0.4, -0.2) is 84.9 Å². The maximum atomic E-state index is 12.4. The van der Waals surface area contributed by atoms with Gasteiger partial charge in [0.2, 0.25) is 5.69 Å². The first-order valence-corrected chi connectivity index (χ1v) is 11.0. The van der Waals surface area contributed by atoms with E-state index in [1.54, 1.807) is 21.0 Å². The fourth-order valence-electron chi connectivity index (χ4n) is 3.76. The molecule has 10 heteroatoms. The normalized spacial score (nSPS) is 14.3. The van der Waals surface area contributed by atoms with E-state index in [-0.39, 0.29) is 24.6 Å². The van der Waals surface area contributed by atoms with Crippen molar-refractivity contribution in [3.05, 3.63) is 35.7 Å². The zero-order chi connectivity index (χ0) is 22.9. The van der Waals surface area contributed by atoms with E-state index in [0.29, 0.717) is 6.54 Å². The summed E-state index contributed by atoms with van der Waals surface area (Å²) >= 11 is 0. The summed E-state index contributed by atoms with van der Waals surface area (Å²) in [6, 6.07) is 8.05. The van der Waals surface area contributed by atoms with E-state index in [9.17, 15) is 9.59 Å². The van der Waals surface area contributed by atoms with Crippen LogP contribution in [0.1, 0.15) is 41.2 Å². The van der Waals surface area contributed by atoms with Crippen LogP contribution in [0.2, 0.25) is 0 Å². The molecule has 0 radical (unpaired) electrons. The van der Waals surface area contributed by atoms with Crippen molar-refractivity contribution in [2.24, 2.45) is 0 Å². The van der Waals surface area contributed by atoms with Crippen LogP contribution < -0.4 is 9.64 Å². The van der Waals surface area contributed by atoms with Gasteiger partial charge in [-0.2, -0.15) is 0 Å². The maximum absolute atomic E-state index is 12.4. The Balaban J connectivity index is 1.55. The van der Waals surface area contributed by atoms with Gasteiger partial charge in [-0.15, -0.1) is 5.10 Å². The maximum Gasteiger partial charge on any atom is 0.361 e.